The first kappa shape index (κ1) is 60.8. The van der Waals surface area contributed by atoms with Crippen molar-refractivity contribution in [1.82, 2.24) is 0 Å². The summed E-state index contributed by atoms with van der Waals surface area (Å²) in [5.74, 6) is -0.839. The molecule has 0 bridgehead atoms. The number of ether oxygens (including phenoxy) is 4. The van der Waals surface area contributed by atoms with E-state index < -0.39 is 33.2 Å². The molecule has 0 heterocycles. The number of carbonyl (C=O) groups excluding carboxylic acids is 2. The number of nitro benzene ring substituents is 2. The number of nitro groups is 2. The topological polar surface area (TPSA) is 157 Å². The van der Waals surface area contributed by atoms with Crippen LogP contribution >= 0.6 is 0 Å². The van der Waals surface area contributed by atoms with Gasteiger partial charge in [0.15, 0.2) is 0 Å². The Bertz CT molecular complexity index is 2160. The first-order chi connectivity index (χ1) is 35.9. The molecule has 0 saturated heterocycles. The average molecular weight is 1020 g/mol. The monoisotopic (exact) mass is 1020 g/mol. The Kier molecular flexibility index (Phi) is 28.5. The largest absolute Gasteiger partial charge is 0.494 e. The number of hydrogen-bond acceptors (Lipinski definition) is 10. The highest BCUT2D eigenvalue weighted by atomic mass is 16.6. The third-order valence-electron chi connectivity index (χ3n) is 14.1. The highest BCUT2D eigenvalue weighted by molar-refractivity contribution is 5.94. The maximum absolute atomic E-state index is 13.4. The Morgan fingerprint density at radius 2 is 0.662 bits per heavy atom. The second-order valence-electron chi connectivity index (χ2n) is 20.3. The van der Waals surface area contributed by atoms with E-state index in [2.05, 4.69) is 13.8 Å². The van der Waals surface area contributed by atoms with Gasteiger partial charge < -0.3 is 18.9 Å². The Labute approximate surface area is 443 Å². The lowest BCUT2D eigenvalue weighted by Crippen LogP contribution is -2.12. The molecule has 0 amide bonds. The van der Waals surface area contributed by atoms with E-state index in [1.165, 1.54) is 180 Å². The van der Waals surface area contributed by atoms with Crippen molar-refractivity contribution in [3.8, 4) is 34.1 Å². The molecule has 0 atom stereocenters. The summed E-state index contributed by atoms with van der Waals surface area (Å²) in [5.41, 5.74) is 1.51. The zero-order chi connectivity index (χ0) is 53.5. The Hall–Kier alpha value is -5.78. The molecule has 0 aromatic heterocycles. The SMILES string of the molecule is CCCCCCCCCCCCCCCCOc1ccc(C(=O)Oc2cc(C)c(-c3c(C)cc(OC(=O)c4ccc(OCCCCCCCCCCCCCCCC)cc4)c([N+](=O)[O-])c3C)c(C)c2[N+](=O)[O-])cc1. The van der Waals surface area contributed by atoms with E-state index >= 15 is 0 Å². The molecule has 406 valence electrons. The predicted octanol–water partition coefficient (Wildman–Crippen LogP) is 18.6. The molecule has 0 fully saturated rings. The van der Waals surface area contributed by atoms with Gasteiger partial charge in [-0.3, -0.25) is 20.2 Å². The first-order valence-electron chi connectivity index (χ1n) is 28.3. The van der Waals surface area contributed by atoms with Crippen molar-refractivity contribution in [1.29, 1.82) is 0 Å². The van der Waals surface area contributed by atoms with Crippen molar-refractivity contribution >= 4 is 23.3 Å². The summed E-state index contributed by atoms with van der Waals surface area (Å²) in [5, 5.41) is 25.3. The number of esters is 2. The summed E-state index contributed by atoms with van der Waals surface area (Å²) in [6, 6.07) is 15.8. The average Bonchev–Trinajstić information content (AvgIpc) is 3.37. The lowest BCUT2D eigenvalue weighted by atomic mass is 9.87. The van der Waals surface area contributed by atoms with Gasteiger partial charge in [-0.15, -0.1) is 0 Å². The predicted molar refractivity (Wildman–Crippen MR) is 299 cm³/mol. The molecule has 0 saturated carbocycles. The molecule has 74 heavy (non-hydrogen) atoms. The van der Waals surface area contributed by atoms with Crippen LogP contribution in [-0.2, 0) is 0 Å². The van der Waals surface area contributed by atoms with Crippen LogP contribution in [0.15, 0.2) is 60.7 Å². The van der Waals surface area contributed by atoms with Crippen LogP contribution < -0.4 is 18.9 Å². The fourth-order valence-electron chi connectivity index (χ4n) is 9.92. The van der Waals surface area contributed by atoms with Crippen molar-refractivity contribution in [2.24, 2.45) is 0 Å². The van der Waals surface area contributed by atoms with Crippen molar-refractivity contribution < 1.29 is 38.4 Å². The quantitative estimate of drug-likeness (QED) is 0.0138. The summed E-state index contributed by atoms with van der Waals surface area (Å²) in [6.07, 6.45) is 35.8. The molecular weight excluding hydrogens is 933 g/mol. The number of unbranched alkanes of at least 4 members (excludes halogenated alkanes) is 26. The highest BCUT2D eigenvalue weighted by Crippen LogP contribution is 2.46. The zero-order valence-corrected chi connectivity index (χ0v) is 46.0. The number of benzene rings is 4. The molecule has 0 aliphatic heterocycles. The summed E-state index contributed by atoms with van der Waals surface area (Å²) >= 11 is 0. The molecule has 12 nitrogen and oxygen atoms in total. The van der Waals surface area contributed by atoms with Crippen LogP contribution in [0.4, 0.5) is 11.4 Å². The van der Waals surface area contributed by atoms with E-state index in [4.69, 9.17) is 18.9 Å². The minimum absolute atomic E-state index is 0.155. The van der Waals surface area contributed by atoms with Gasteiger partial charge in [-0.1, -0.05) is 181 Å². The smallest absolute Gasteiger partial charge is 0.343 e. The molecule has 4 rings (SSSR count). The summed E-state index contributed by atoms with van der Waals surface area (Å²) in [7, 11) is 0. The number of carbonyl (C=O) groups is 2. The maximum atomic E-state index is 13.4. The van der Waals surface area contributed by atoms with Crippen molar-refractivity contribution in [3.63, 3.8) is 0 Å². The molecule has 12 heteroatoms. The fourth-order valence-corrected chi connectivity index (χ4v) is 9.92. The standard InChI is InChI=1S/C62H88N2O10/c1-7-9-11-13-15-17-19-21-23-25-27-29-31-33-43-71-53-39-35-51(36-40-53)61(65)73-55-45-47(3)57(49(5)59(55)63(67)68)58-48(4)46-56(60(50(58)6)64(69)70)74-62(66)52-37-41-54(42-38-52)72-44-34-32-30-28-26-24-22-20-18-16-14-12-10-8-2/h35-42,45-46H,7-34,43-44H2,1-6H3. The summed E-state index contributed by atoms with van der Waals surface area (Å²) < 4.78 is 23.2. The Morgan fingerprint density at radius 1 is 0.405 bits per heavy atom. The van der Waals surface area contributed by atoms with Gasteiger partial charge in [0.25, 0.3) is 0 Å². The molecule has 0 aliphatic rings. The fraction of sp³-hybridized carbons (Fsp3) is 0.581. The molecule has 0 aliphatic carbocycles. The van der Waals surface area contributed by atoms with Gasteiger partial charge in [-0.2, -0.15) is 0 Å². The van der Waals surface area contributed by atoms with Gasteiger partial charge in [-0.05, 0) is 123 Å². The Balaban J connectivity index is 1.27. The van der Waals surface area contributed by atoms with Crippen LogP contribution in [-0.4, -0.2) is 35.0 Å². The van der Waals surface area contributed by atoms with Crippen LogP contribution in [0.2, 0.25) is 0 Å². The second-order valence-corrected chi connectivity index (χ2v) is 20.3. The number of rotatable bonds is 39. The lowest BCUT2D eigenvalue weighted by molar-refractivity contribution is -0.386. The van der Waals surface area contributed by atoms with E-state index in [0.29, 0.717) is 47.0 Å². The molecule has 4 aromatic carbocycles. The molecular formula is C62H88N2O10. The van der Waals surface area contributed by atoms with Crippen LogP contribution in [0.1, 0.15) is 237 Å². The minimum Gasteiger partial charge on any atom is -0.494 e. The minimum atomic E-state index is -0.783. The Morgan fingerprint density at radius 3 is 0.919 bits per heavy atom. The van der Waals surface area contributed by atoms with Gasteiger partial charge >= 0.3 is 23.3 Å². The number of nitrogens with zero attached hydrogens (tertiary/aromatic N) is 2. The first-order valence-corrected chi connectivity index (χ1v) is 28.3. The van der Waals surface area contributed by atoms with Crippen molar-refractivity contribution in [2.45, 2.75) is 221 Å². The van der Waals surface area contributed by atoms with Crippen molar-refractivity contribution in [2.75, 3.05) is 13.2 Å². The van der Waals surface area contributed by atoms with Crippen molar-refractivity contribution in [3.05, 3.63) is 114 Å². The van der Waals surface area contributed by atoms with E-state index in [1.807, 2.05) is 0 Å². The molecule has 0 radical (unpaired) electrons. The summed E-state index contributed by atoms with van der Waals surface area (Å²) in [6.45, 7) is 12.1. The number of hydrogen-bond donors (Lipinski definition) is 0. The third-order valence-corrected chi connectivity index (χ3v) is 14.1. The molecule has 0 N–H and O–H groups in total. The van der Waals surface area contributed by atoms with Gasteiger partial charge in [0.1, 0.15) is 11.5 Å². The number of aryl methyl sites for hydroxylation is 2. The third kappa shape index (κ3) is 20.9. The summed E-state index contributed by atoms with van der Waals surface area (Å²) in [4.78, 5) is 50.8. The maximum Gasteiger partial charge on any atom is 0.343 e. The molecule has 0 unspecified atom stereocenters. The highest BCUT2D eigenvalue weighted by Gasteiger charge is 2.32. The lowest BCUT2D eigenvalue weighted by Gasteiger charge is -2.19. The van der Waals surface area contributed by atoms with Gasteiger partial charge in [0, 0.05) is 11.1 Å². The molecule has 4 aromatic rings. The normalized spacial score (nSPS) is 11.2. The second kappa shape index (κ2) is 34.7. The van der Waals surface area contributed by atoms with E-state index in [1.54, 1.807) is 62.4 Å². The van der Waals surface area contributed by atoms with E-state index in [0.717, 1.165) is 25.7 Å². The van der Waals surface area contributed by atoms with Crippen LogP contribution in [0.25, 0.3) is 11.1 Å². The van der Waals surface area contributed by atoms with E-state index in [9.17, 15) is 29.8 Å². The zero-order valence-electron chi connectivity index (χ0n) is 46.0. The molecule has 0 spiro atoms. The van der Waals surface area contributed by atoms with Gasteiger partial charge in [-0.25, -0.2) is 9.59 Å². The van der Waals surface area contributed by atoms with Gasteiger partial charge in [0.05, 0.1) is 34.2 Å². The van der Waals surface area contributed by atoms with Crippen LogP contribution in [0.3, 0.4) is 0 Å². The van der Waals surface area contributed by atoms with Crippen LogP contribution in [0.5, 0.6) is 23.0 Å². The van der Waals surface area contributed by atoms with E-state index in [-0.39, 0.29) is 33.8 Å². The van der Waals surface area contributed by atoms with Gasteiger partial charge in [0.2, 0.25) is 11.5 Å². The van der Waals surface area contributed by atoms with Crippen LogP contribution in [0, 0.1) is 47.9 Å².